The van der Waals surface area contributed by atoms with Gasteiger partial charge in [0.15, 0.2) is 18.9 Å². The zero-order valence-corrected chi connectivity index (χ0v) is 32.6. The van der Waals surface area contributed by atoms with Crippen LogP contribution in [0, 0.1) is 0 Å². The van der Waals surface area contributed by atoms with E-state index in [1.165, 1.54) is 206 Å². The molecule has 0 amide bonds. The highest BCUT2D eigenvalue weighted by Gasteiger charge is 2.14. The van der Waals surface area contributed by atoms with Crippen molar-refractivity contribution in [1.29, 1.82) is 0 Å². The summed E-state index contributed by atoms with van der Waals surface area (Å²) in [6.45, 7) is 6.99. The van der Waals surface area contributed by atoms with E-state index in [9.17, 15) is 0 Å². The Hall–Kier alpha value is -0.890. The van der Waals surface area contributed by atoms with Crippen LogP contribution in [0.4, 0.5) is 0 Å². The third kappa shape index (κ3) is 28.2. The van der Waals surface area contributed by atoms with Crippen LogP contribution in [0.3, 0.4) is 0 Å². The van der Waals surface area contributed by atoms with E-state index in [2.05, 4.69) is 64.1 Å². The standard InChI is InChI=1S/C44H86N2/c1-6-8-10-12-14-16-18-20-22-24-26-28-30-32-35-43(44-37-40-45(41-38-44)39-34-42-46(3,4)5)36-33-31-29-27-25-23-21-19-17-15-13-11-9-7-2/h37-38,40-41,43H,6-36,39,42H2,1-5H3/q+2. The number of unbranched alkanes of at least 4 members (excludes halogenated alkanes) is 26. The van der Waals surface area contributed by atoms with Gasteiger partial charge in [-0.3, -0.25) is 0 Å². The number of quaternary nitrogens is 1. The summed E-state index contributed by atoms with van der Waals surface area (Å²) in [5.74, 6) is 0.760. The number of aromatic nitrogens is 1. The Kier molecular flexibility index (Phi) is 29.4. The van der Waals surface area contributed by atoms with Crippen LogP contribution >= 0.6 is 0 Å². The molecule has 270 valence electrons. The van der Waals surface area contributed by atoms with E-state index in [1.807, 2.05) is 0 Å². The molecule has 0 aliphatic rings. The van der Waals surface area contributed by atoms with Gasteiger partial charge in [-0.2, -0.15) is 0 Å². The van der Waals surface area contributed by atoms with Gasteiger partial charge in [0.05, 0.1) is 34.1 Å². The summed E-state index contributed by atoms with van der Waals surface area (Å²) in [6, 6.07) is 4.93. The first-order valence-corrected chi connectivity index (χ1v) is 21.3. The molecule has 1 heterocycles. The lowest BCUT2D eigenvalue weighted by molar-refractivity contribution is -0.873. The molecule has 1 aromatic heterocycles. The zero-order chi connectivity index (χ0) is 33.4. The molecule has 46 heavy (non-hydrogen) atoms. The third-order valence-corrected chi connectivity index (χ3v) is 10.4. The van der Waals surface area contributed by atoms with Gasteiger partial charge < -0.3 is 4.48 Å². The average Bonchev–Trinajstić information content (AvgIpc) is 3.04. The maximum absolute atomic E-state index is 2.46. The van der Waals surface area contributed by atoms with Crippen molar-refractivity contribution in [3.8, 4) is 0 Å². The Bertz CT molecular complexity index is 701. The summed E-state index contributed by atoms with van der Waals surface area (Å²) in [7, 11) is 6.90. The fraction of sp³-hybridized carbons (Fsp3) is 0.886. The molecule has 0 saturated carbocycles. The molecular formula is C44H86N2+2. The lowest BCUT2D eigenvalue weighted by Crippen LogP contribution is -2.39. The van der Waals surface area contributed by atoms with Crippen LogP contribution in [-0.4, -0.2) is 32.2 Å². The highest BCUT2D eigenvalue weighted by atomic mass is 15.3. The maximum atomic E-state index is 2.46. The van der Waals surface area contributed by atoms with E-state index in [0.29, 0.717) is 0 Å². The van der Waals surface area contributed by atoms with Crippen LogP contribution < -0.4 is 4.57 Å². The van der Waals surface area contributed by atoms with Crippen LogP contribution in [-0.2, 0) is 6.54 Å². The fourth-order valence-corrected chi connectivity index (χ4v) is 7.27. The lowest BCUT2D eigenvalue weighted by atomic mass is 9.88. The fourth-order valence-electron chi connectivity index (χ4n) is 7.27. The predicted octanol–water partition coefficient (Wildman–Crippen LogP) is 13.9. The summed E-state index contributed by atoms with van der Waals surface area (Å²) in [5, 5.41) is 0. The molecule has 0 N–H and O–H groups in total. The second-order valence-electron chi connectivity index (χ2n) is 16.2. The molecular weight excluding hydrogens is 556 g/mol. The van der Waals surface area contributed by atoms with Crippen LogP contribution in [0.25, 0.3) is 0 Å². The molecule has 0 aliphatic carbocycles. The zero-order valence-electron chi connectivity index (χ0n) is 32.6. The first-order chi connectivity index (χ1) is 22.5. The van der Waals surface area contributed by atoms with Gasteiger partial charge in [0.1, 0.15) is 0 Å². The van der Waals surface area contributed by atoms with E-state index in [0.717, 1.165) is 16.9 Å². The molecule has 2 heteroatoms. The highest BCUT2D eigenvalue weighted by molar-refractivity contribution is 5.13. The number of aryl methyl sites for hydroxylation is 1. The Morgan fingerprint density at radius 3 is 1.04 bits per heavy atom. The largest absolute Gasteiger partial charge is 0.331 e. The molecule has 1 aromatic rings. The number of rotatable bonds is 35. The number of hydrogen-bond donors (Lipinski definition) is 0. The van der Waals surface area contributed by atoms with Crippen molar-refractivity contribution >= 4 is 0 Å². The summed E-state index contributed by atoms with van der Waals surface area (Å²) in [5.41, 5.74) is 1.60. The van der Waals surface area contributed by atoms with Gasteiger partial charge in [-0.15, -0.1) is 0 Å². The van der Waals surface area contributed by atoms with Crippen LogP contribution in [0.5, 0.6) is 0 Å². The van der Waals surface area contributed by atoms with Crippen molar-refractivity contribution in [1.82, 2.24) is 0 Å². The maximum Gasteiger partial charge on any atom is 0.169 e. The minimum absolute atomic E-state index is 0.760. The van der Waals surface area contributed by atoms with Gasteiger partial charge in [-0.1, -0.05) is 194 Å². The Morgan fingerprint density at radius 2 is 0.739 bits per heavy atom. The molecule has 0 bridgehead atoms. The monoisotopic (exact) mass is 643 g/mol. The predicted molar refractivity (Wildman–Crippen MR) is 207 cm³/mol. The summed E-state index contributed by atoms with van der Waals surface area (Å²) in [6.07, 6.45) is 49.4. The molecule has 1 rings (SSSR count). The molecule has 0 atom stereocenters. The second kappa shape index (κ2) is 31.4. The summed E-state index contributed by atoms with van der Waals surface area (Å²) >= 11 is 0. The number of pyridine rings is 1. The van der Waals surface area contributed by atoms with Crippen LogP contribution in [0.1, 0.15) is 224 Å². The van der Waals surface area contributed by atoms with E-state index >= 15 is 0 Å². The van der Waals surface area contributed by atoms with Crippen LogP contribution in [0.2, 0.25) is 0 Å². The Labute approximate surface area is 291 Å². The first kappa shape index (κ1) is 43.1. The molecule has 0 aliphatic heterocycles. The molecule has 2 nitrogen and oxygen atoms in total. The van der Waals surface area contributed by atoms with E-state index in [4.69, 9.17) is 0 Å². The van der Waals surface area contributed by atoms with Gasteiger partial charge in [0.25, 0.3) is 0 Å². The Morgan fingerprint density at radius 1 is 0.435 bits per heavy atom. The second-order valence-corrected chi connectivity index (χ2v) is 16.2. The molecule has 0 radical (unpaired) electrons. The van der Waals surface area contributed by atoms with Crippen molar-refractivity contribution in [2.45, 2.75) is 225 Å². The minimum Gasteiger partial charge on any atom is -0.331 e. The third-order valence-electron chi connectivity index (χ3n) is 10.4. The molecule has 0 aromatic carbocycles. The highest BCUT2D eigenvalue weighted by Crippen LogP contribution is 2.28. The van der Waals surface area contributed by atoms with E-state index in [-0.39, 0.29) is 0 Å². The summed E-state index contributed by atoms with van der Waals surface area (Å²) in [4.78, 5) is 0. The lowest BCUT2D eigenvalue weighted by Gasteiger charge is -2.22. The van der Waals surface area contributed by atoms with Crippen molar-refractivity contribution < 1.29 is 9.05 Å². The smallest absolute Gasteiger partial charge is 0.169 e. The minimum atomic E-state index is 0.760. The van der Waals surface area contributed by atoms with E-state index in [1.54, 1.807) is 5.56 Å². The Balaban J connectivity index is 2.27. The average molecular weight is 643 g/mol. The quantitative estimate of drug-likeness (QED) is 0.0394. The number of hydrogen-bond acceptors (Lipinski definition) is 0. The molecule has 0 unspecified atom stereocenters. The molecule has 0 fully saturated rings. The van der Waals surface area contributed by atoms with Gasteiger partial charge in [0, 0.05) is 12.1 Å². The number of nitrogens with zero attached hydrogens (tertiary/aromatic N) is 2. The van der Waals surface area contributed by atoms with Gasteiger partial charge in [-0.05, 0) is 24.3 Å². The summed E-state index contributed by atoms with van der Waals surface area (Å²) < 4.78 is 3.47. The molecule has 0 saturated heterocycles. The normalized spacial score (nSPS) is 12.0. The van der Waals surface area contributed by atoms with E-state index < -0.39 is 0 Å². The van der Waals surface area contributed by atoms with Crippen molar-refractivity contribution in [3.63, 3.8) is 0 Å². The van der Waals surface area contributed by atoms with Gasteiger partial charge in [-0.25, -0.2) is 4.57 Å². The van der Waals surface area contributed by atoms with Crippen molar-refractivity contribution in [3.05, 3.63) is 30.1 Å². The van der Waals surface area contributed by atoms with Crippen LogP contribution in [0.15, 0.2) is 24.5 Å². The molecule has 0 spiro atoms. The SMILES string of the molecule is CCCCCCCCCCCCCCCCC(CCCCCCCCCCCCCCCC)c1cc[n+](CCC[N+](C)(C)C)cc1. The first-order valence-electron chi connectivity index (χ1n) is 21.3. The topological polar surface area (TPSA) is 3.88 Å². The van der Waals surface area contributed by atoms with Gasteiger partial charge in [0.2, 0.25) is 0 Å². The van der Waals surface area contributed by atoms with Crippen molar-refractivity contribution in [2.24, 2.45) is 0 Å². The van der Waals surface area contributed by atoms with Gasteiger partial charge >= 0.3 is 0 Å². The van der Waals surface area contributed by atoms with Crippen molar-refractivity contribution in [2.75, 3.05) is 27.7 Å².